The average Bonchev–Trinajstić information content (AvgIpc) is 3.39. The number of hydrogen-bond acceptors (Lipinski definition) is 5. The van der Waals surface area contributed by atoms with Crippen LogP contribution in [0.15, 0.2) is 12.4 Å². The summed E-state index contributed by atoms with van der Waals surface area (Å²) >= 11 is 0. The van der Waals surface area contributed by atoms with E-state index in [1.807, 2.05) is 0 Å². The highest BCUT2D eigenvalue weighted by Crippen LogP contribution is 2.45. The Kier molecular flexibility index (Phi) is 6.70. The van der Waals surface area contributed by atoms with Gasteiger partial charge in [-0.1, -0.05) is 20.8 Å². The molecular weight excluding hydrogens is 441 g/mol. The second-order valence-corrected chi connectivity index (χ2v) is 11.5. The molecule has 1 N–H and O–H groups in total. The molecule has 4 atom stereocenters. The van der Waals surface area contributed by atoms with Crippen molar-refractivity contribution in [2.45, 2.75) is 65.6 Å². The van der Waals surface area contributed by atoms with Gasteiger partial charge in [0.15, 0.2) is 5.82 Å². The van der Waals surface area contributed by atoms with E-state index in [0.29, 0.717) is 47.0 Å². The normalized spacial score (nSPS) is 25.1. The Hall–Kier alpha value is -2.16. The second-order valence-electron chi connectivity index (χ2n) is 11.5. The molecule has 2 fully saturated rings. The van der Waals surface area contributed by atoms with Crippen LogP contribution in [0.5, 0.6) is 0 Å². The molecule has 4 rings (SSSR count). The number of aromatic nitrogens is 4. The van der Waals surface area contributed by atoms with E-state index in [4.69, 9.17) is 0 Å². The van der Waals surface area contributed by atoms with Gasteiger partial charge >= 0.3 is 6.18 Å². The lowest BCUT2D eigenvalue weighted by atomic mass is 9.84. The van der Waals surface area contributed by atoms with Crippen molar-refractivity contribution < 1.29 is 13.2 Å². The summed E-state index contributed by atoms with van der Waals surface area (Å²) < 4.78 is 44.4. The van der Waals surface area contributed by atoms with Crippen LogP contribution in [-0.4, -0.2) is 46.2 Å². The maximum absolute atomic E-state index is 14.3. The first kappa shape index (κ1) is 24.9. The minimum Gasteiger partial charge on any atom is -0.357 e. The maximum Gasteiger partial charge on any atom is 0.420 e. The fourth-order valence-electron chi connectivity index (χ4n) is 6.02. The number of nitrogens with one attached hydrogen (secondary N) is 1. The number of rotatable bonds is 6. The van der Waals surface area contributed by atoms with E-state index in [2.05, 4.69) is 41.4 Å². The SMILES string of the molecule is Cc1cnn(C)c1-c1cnnc(N(C)C[C@H]2C[C@@H]3CN[C@@H](CCC(C)(C)C)[C@H]3C2)c1C(F)(F)F. The fraction of sp³-hybridized carbons (Fsp3) is 0.720. The van der Waals surface area contributed by atoms with Gasteiger partial charge in [0.05, 0.1) is 18.1 Å². The maximum atomic E-state index is 14.3. The lowest BCUT2D eigenvalue weighted by molar-refractivity contribution is -0.136. The van der Waals surface area contributed by atoms with Gasteiger partial charge in [0.1, 0.15) is 5.56 Å². The smallest absolute Gasteiger partial charge is 0.357 e. The highest BCUT2D eigenvalue weighted by atomic mass is 19.4. The van der Waals surface area contributed by atoms with Gasteiger partial charge in [-0.3, -0.25) is 4.68 Å². The van der Waals surface area contributed by atoms with Crippen molar-refractivity contribution in [1.82, 2.24) is 25.3 Å². The highest BCUT2D eigenvalue weighted by Gasteiger charge is 2.44. The van der Waals surface area contributed by atoms with Gasteiger partial charge in [-0.15, -0.1) is 5.10 Å². The van der Waals surface area contributed by atoms with Crippen LogP contribution in [-0.2, 0) is 13.2 Å². The molecule has 1 saturated heterocycles. The van der Waals surface area contributed by atoms with Crippen LogP contribution in [0.1, 0.15) is 57.6 Å². The molecule has 188 valence electrons. The van der Waals surface area contributed by atoms with Crippen molar-refractivity contribution in [1.29, 1.82) is 0 Å². The summed E-state index contributed by atoms with van der Waals surface area (Å²) in [6, 6.07) is 0.515. The van der Waals surface area contributed by atoms with Gasteiger partial charge in [0.2, 0.25) is 0 Å². The van der Waals surface area contributed by atoms with Crippen molar-refractivity contribution in [3.8, 4) is 11.3 Å². The Morgan fingerprint density at radius 3 is 2.53 bits per heavy atom. The minimum atomic E-state index is -4.56. The van der Waals surface area contributed by atoms with Crippen molar-refractivity contribution in [2.24, 2.45) is 30.2 Å². The molecule has 0 radical (unpaired) electrons. The van der Waals surface area contributed by atoms with Crippen LogP contribution in [0, 0.1) is 30.1 Å². The first-order valence-corrected chi connectivity index (χ1v) is 12.2. The second kappa shape index (κ2) is 9.13. The molecule has 0 unspecified atom stereocenters. The summed E-state index contributed by atoms with van der Waals surface area (Å²) in [4.78, 5) is 1.66. The van der Waals surface area contributed by atoms with Crippen molar-refractivity contribution in [3.05, 3.63) is 23.5 Å². The summed E-state index contributed by atoms with van der Waals surface area (Å²) in [5.41, 5.74) is 0.685. The molecule has 0 spiro atoms. The summed E-state index contributed by atoms with van der Waals surface area (Å²) in [5.74, 6) is 1.46. The van der Waals surface area contributed by atoms with E-state index in [1.54, 1.807) is 32.1 Å². The Labute approximate surface area is 200 Å². The molecule has 2 aromatic heterocycles. The zero-order chi connectivity index (χ0) is 24.8. The number of hydrogen-bond donors (Lipinski definition) is 1. The van der Waals surface area contributed by atoms with E-state index in [1.165, 1.54) is 17.3 Å². The summed E-state index contributed by atoms with van der Waals surface area (Å²) in [6.07, 6.45) is 2.64. The monoisotopic (exact) mass is 478 g/mol. The molecule has 2 aromatic rings. The number of aryl methyl sites for hydroxylation is 2. The summed E-state index contributed by atoms with van der Waals surface area (Å²) in [7, 11) is 3.36. The summed E-state index contributed by atoms with van der Waals surface area (Å²) in [6.45, 7) is 10.1. The van der Waals surface area contributed by atoms with E-state index in [-0.39, 0.29) is 11.4 Å². The van der Waals surface area contributed by atoms with Crippen LogP contribution in [0.2, 0.25) is 0 Å². The van der Waals surface area contributed by atoms with Gasteiger partial charge in [-0.05, 0) is 67.9 Å². The van der Waals surface area contributed by atoms with Crippen LogP contribution < -0.4 is 10.2 Å². The summed E-state index contributed by atoms with van der Waals surface area (Å²) in [5, 5.41) is 15.8. The van der Waals surface area contributed by atoms with Gasteiger partial charge in [-0.25, -0.2) is 0 Å². The van der Waals surface area contributed by atoms with Gasteiger partial charge < -0.3 is 10.2 Å². The van der Waals surface area contributed by atoms with Crippen LogP contribution in [0.3, 0.4) is 0 Å². The van der Waals surface area contributed by atoms with Crippen LogP contribution >= 0.6 is 0 Å². The van der Waals surface area contributed by atoms with Gasteiger partial charge in [0.25, 0.3) is 0 Å². The van der Waals surface area contributed by atoms with Crippen LogP contribution in [0.25, 0.3) is 11.3 Å². The number of alkyl halides is 3. The molecule has 3 heterocycles. The van der Waals surface area contributed by atoms with Crippen LogP contribution in [0.4, 0.5) is 19.0 Å². The van der Waals surface area contributed by atoms with Crippen molar-refractivity contribution >= 4 is 5.82 Å². The predicted molar refractivity (Wildman–Crippen MR) is 127 cm³/mol. The number of fused-ring (bicyclic) bond motifs is 1. The zero-order valence-corrected chi connectivity index (χ0v) is 21.1. The average molecular weight is 479 g/mol. The quantitative estimate of drug-likeness (QED) is 0.627. The molecule has 1 aliphatic carbocycles. The molecular formula is C25H37F3N6. The van der Waals surface area contributed by atoms with Crippen molar-refractivity contribution in [3.63, 3.8) is 0 Å². The lowest BCUT2D eigenvalue weighted by Crippen LogP contribution is -2.31. The topological polar surface area (TPSA) is 58.9 Å². The Morgan fingerprint density at radius 1 is 1.18 bits per heavy atom. The molecule has 0 amide bonds. The molecule has 34 heavy (non-hydrogen) atoms. The largest absolute Gasteiger partial charge is 0.420 e. The predicted octanol–water partition coefficient (Wildman–Crippen LogP) is 5.08. The van der Waals surface area contributed by atoms with Crippen molar-refractivity contribution in [2.75, 3.05) is 25.0 Å². The Balaban J connectivity index is 1.53. The number of halogens is 3. The standard InChI is InChI=1S/C25H37F3N6/c1-15-11-31-34(6)22(15)19-13-30-32-23(21(19)25(26,27)28)33(5)14-16-9-17-12-29-20(18(17)10-16)7-8-24(2,3)4/h11,13,16-18,20,29H,7-10,12,14H2,1-6H3/t16-,17+,18-,20-/m0/s1. The first-order chi connectivity index (χ1) is 15.8. The first-order valence-electron chi connectivity index (χ1n) is 12.2. The third-order valence-electron chi connectivity index (χ3n) is 7.60. The number of nitrogens with zero attached hydrogens (tertiary/aromatic N) is 5. The van der Waals surface area contributed by atoms with E-state index in [9.17, 15) is 13.2 Å². The molecule has 1 saturated carbocycles. The van der Waals surface area contributed by atoms with Gasteiger partial charge in [0, 0.05) is 32.2 Å². The molecule has 0 aromatic carbocycles. The third-order valence-corrected chi connectivity index (χ3v) is 7.60. The molecule has 9 heteroatoms. The van der Waals surface area contributed by atoms with E-state index < -0.39 is 11.7 Å². The van der Waals surface area contributed by atoms with E-state index >= 15 is 0 Å². The van der Waals surface area contributed by atoms with E-state index in [0.717, 1.165) is 25.8 Å². The highest BCUT2D eigenvalue weighted by molar-refractivity contribution is 5.72. The van der Waals surface area contributed by atoms with Gasteiger partial charge in [-0.2, -0.15) is 23.4 Å². The molecule has 2 aliphatic rings. The molecule has 1 aliphatic heterocycles. The minimum absolute atomic E-state index is 0.0246. The Morgan fingerprint density at radius 2 is 1.91 bits per heavy atom. The fourth-order valence-corrected chi connectivity index (χ4v) is 6.02. The zero-order valence-electron chi connectivity index (χ0n) is 21.1. The Bertz CT molecular complexity index is 990. The number of anilines is 1. The third kappa shape index (κ3) is 5.09. The molecule has 0 bridgehead atoms. The lowest BCUT2D eigenvalue weighted by Gasteiger charge is -2.27. The molecule has 6 nitrogen and oxygen atoms in total.